The summed E-state index contributed by atoms with van der Waals surface area (Å²) in [4.78, 5) is 0. The first-order valence-corrected chi connectivity index (χ1v) is 9.54. The van der Waals surface area contributed by atoms with Gasteiger partial charge in [0.2, 0.25) is 0 Å². The molecule has 2 fully saturated rings. The molecule has 1 heteroatoms. The summed E-state index contributed by atoms with van der Waals surface area (Å²) in [5.74, 6) is 1.79. The summed E-state index contributed by atoms with van der Waals surface area (Å²) in [6.07, 6.45) is 13.0. The average molecular weight is 294 g/mol. The molecule has 21 heavy (non-hydrogen) atoms. The smallest absolute Gasteiger partial charge is 0.00675 e. The van der Waals surface area contributed by atoms with Gasteiger partial charge >= 0.3 is 0 Å². The fourth-order valence-electron chi connectivity index (χ4n) is 4.97. The van der Waals surface area contributed by atoms with Gasteiger partial charge in [-0.15, -0.1) is 0 Å². The zero-order valence-electron chi connectivity index (χ0n) is 15.3. The minimum absolute atomic E-state index is 0.509. The molecule has 0 atom stereocenters. The summed E-state index contributed by atoms with van der Waals surface area (Å²) in [7, 11) is 0. The molecule has 1 N–H and O–H groups in total. The summed E-state index contributed by atoms with van der Waals surface area (Å²) in [5.41, 5.74) is 1.14. The molecule has 0 heterocycles. The molecule has 0 bridgehead atoms. The standard InChI is InChI=1S/C20H39N/c1-16(2)14-20(12-6-7-13-20)15-21-18-10-8-17(9-11-18)19(3,4)5/h16-18,21H,6-15H2,1-5H3. The van der Waals surface area contributed by atoms with Crippen molar-refractivity contribution in [3.63, 3.8) is 0 Å². The van der Waals surface area contributed by atoms with Crippen LogP contribution in [-0.4, -0.2) is 12.6 Å². The molecule has 0 aromatic rings. The van der Waals surface area contributed by atoms with Crippen LogP contribution in [0.5, 0.6) is 0 Å². The highest BCUT2D eigenvalue weighted by atomic mass is 14.9. The van der Waals surface area contributed by atoms with E-state index in [1.807, 2.05) is 0 Å². The number of rotatable bonds is 5. The Morgan fingerprint density at radius 3 is 2.05 bits per heavy atom. The lowest BCUT2D eigenvalue weighted by molar-refractivity contribution is 0.147. The molecule has 2 rings (SSSR count). The van der Waals surface area contributed by atoms with E-state index in [1.165, 1.54) is 64.3 Å². The number of hydrogen-bond acceptors (Lipinski definition) is 1. The molecule has 0 amide bonds. The normalized spacial score (nSPS) is 30.0. The predicted molar refractivity (Wildman–Crippen MR) is 93.6 cm³/mol. The highest BCUT2D eigenvalue weighted by Crippen LogP contribution is 2.43. The van der Waals surface area contributed by atoms with Crippen LogP contribution in [0.4, 0.5) is 0 Å². The van der Waals surface area contributed by atoms with E-state index < -0.39 is 0 Å². The van der Waals surface area contributed by atoms with Gasteiger partial charge in [0, 0.05) is 12.6 Å². The van der Waals surface area contributed by atoms with Gasteiger partial charge in [0.05, 0.1) is 0 Å². The Balaban J connectivity index is 1.78. The summed E-state index contributed by atoms with van der Waals surface area (Å²) >= 11 is 0. The first-order chi connectivity index (χ1) is 9.81. The Morgan fingerprint density at radius 1 is 1.00 bits per heavy atom. The van der Waals surface area contributed by atoms with E-state index in [9.17, 15) is 0 Å². The molecule has 0 spiro atoms. The van der Waals surface area contributed by atoms with Gasteiger partial charge in [-0.2, -0.15) is 0 Å². The Morgan fingerprint density at radius 2 is 1.57 bits per heavy atom. The van der Waals surface area contributed by atoms with Crippen LogP contribution in [0.3, 0.4) is 0 Å². The molecule has 0 radical (unpaired) electrons. The third-order valence-electron chi connectivity index (χ3n) is 6.22. The van der Waals surface area contributed by atoms with Crippen molar-refractivity contribution >= 4 is 0 Å². The van der Waals surface area contributed by atoms with Crippen LogP contribution in [0.1, 0.15) is 92.4 Å². The Labute approximate surface area is 133 Å². The monoisotopic (exact) mass is 293 g/mol. The van der Waals surface area contributed by atoms with Gasteiger partial charge in [0.1, 0.15) is 0 Å². The lowest BCUT2D eigenvalue weighted by atomic mass is 9.71. The highest BCUT2D eigenvalue weighted by molar-refractivity contribution is 4.90. The molecule has 0 aromatic heterocycles. The van der Waals surface area contributed by atoms with Crippen molar-refractivity contribution in [2.75, 3.05) is 6.54 Å². The van der Waals surface area contributed by atoms with E-state index in [0.717, 1.165) is 17.9 Å². The Kier molecular flexibility index (Phi) is 5.79. The number of hydrogen-bond donors (Lipinski definition) is 1. The zero-order valence-corrected chi connectivity index (χ0v) is 15.3. The van der Waals surface area contributed by atoms with E-state index >= 15 is 0 Å². The second kappa shape index (κ2) is 7.02. The van der Waals surface area contributed by atoms with Crippen molar-refractivity contribution in [3.05, 3.63) is 0 Å². The van der Waals surface area contributed by atoms with Crippen molar-refractivity contribution in [1.82, 2.24) is 5.32 Å². The molecule has 124 valence electrons. The van der Waals surface area contributed by atoms with Crippen molar-refractivity contribution in [3.8, 4) is 0 Å². The topological polar surface area (TPSA) is 12.0 Å². The maximum atomic E-state index is 3.98. The Bertz CT molecular complexity index is 298. The van der Waals surface area contributed by atoms with Gasteiger partial charge in [-0.3, -0.25) is 0 Å². The lowest BCUT2D eigenvalue weighted by Crippen LogP contribution is -2.42. The first-order valence-electron chi connectivity index (χ1n) is 9.54. The molecular formula is C20H39N. The SMILES string of the molecule is CC(C)CC1(CNC2CCC(C(C)(C)C)CC2)CCCC1. The molecule has 2 aliphatic rings. The van der Waals surface area contributed by atoms with E-state index in [2.05, 4.69) is 39.9 Å². The van der Waals surface area contributed by atoms with E-state index in [0.29, 0.717) is 10.8 Å². The van der Waals surface area contributed by atoms with E-state index in [4.69, 9.17) is 0 Å². The van der Waals surface area contributed by atoms with Gasteiger partial charge in [0.25, 0.3) is 0 Å². The largest absolute Gasteiger partial charge is 0.313 e. The average Bonchev–Trinajstić information content (AvgIpc) is 2.84. The molecule has 2 aliphatic carbocycles. The Hall–Kier alpha value is -0.0400. The van der Waals surface area contributed by atoms with Crippen molar-refractivity contribution in [2.24, 2.45) is 22.7 Å². The quantitative estimate of drug-likeness (QED) is 0.676. The highest BCUT2D eigenvalue weighted by Gasteiger charge is 2.35. The van der Waals surface area contributed by atoms with Crippen molar-refractivity contribution in [1.29, 1.82) is 0 Å². The third-order valence-corrected chi connectivity index (χ3v) is 6.22. The van der Waals surface area contributed by atoms with Crippen LogP contribution in [-0.2, 0) is 0 Å². The molecule has 0 saturated heterocycles. The van der Waals surface area contributed by atoms with Crippen LogP contribution in [0.2, 0.25) is 0 Å². The summed E-state index contributed by atoms with van der Waals surface area (Å²) < 4.78 is 0. The van der Waals surface area contributed by atoms with Gasteiger partial charge in [-0.25, -0.2) is 0 Å². The van der Waals surface area contributed by atoms with Gasteiger partial charge < -0.3 is 5.32 Å². The zero-order chi connectivity index (χ0) is 15.5. The first kappa shape index (κ1) is 17.3. The number of nitrogens with one attached hydrogen (secondary N) is 1. The lowest BCUT2D eigenvalue weighted by Gasteiger charge is -2.39. The molecule has 1 nitrogen and oxygen atoms in total. The van der Waals surface area contributed by atoms with Crippen molar-refractivity contribution in [2.45, 2.75) is 98.4 Å². The minimum atomic E-state index is 0.509. The van der Waals surface area contributed by atoms with E-state index in [-0.39, 0.29) is 0 Å². The maximum absolute atomic E-state index is 3.98. The van der Waals surface area contributed by atoms with Gasteiger partial charge in [-0.1, -0.05) is 47.5 Å². The molecule has 0 aliphatic heterocycles. The summed E-state index contributed by atoms with van der Waals surface area (Å²) in [6.45, 7) is 13.3. The third kappa shape index (κ3) is 4.98. The minimum Gasteiger partial charge on any atom is -0.313 e. The van der Waals surface area contributed by atoms with Crippen LogP contribution in [0, 0.1) is 22.7 Å². The summed E-state index contributed by atoms with van der Waals surface area (Å²) in [6, 6.07) is 0.799. The van der Waals surface area contributed by atoms with Crippen LogP contribution >= 0.6 is 0 Å². The molecular weight excluding hydrogens is 254 g/mol. The van der Waals surface area contributed by atoms with Crippen molar-refractivity contribution < 1.29 is 0 Å². The maximum Gasteiger partial charge on any atom is 0.00675 e. The van der Waals surface area contributed by atoms with Crippen LogP contribution in [0.15, 0.2) is 0 Å². The fraction of sp³-hybridized carbons (Fsp3) is 1.00. The van der Waals surface area contributed by atoms with Gasteiger partial charge in [0.15, 0.2) is 0 Å². The molecule has 2 saturated carbocycles. The second-order valence-corrected chi connectivity index (χ2v) is 9.60. The molecule has 0 unspecified atom stereocenters. The predicted octanol–water partition coefficient (Wildman–Crippen LogP) is 5.79. The second-order valence-electron chi connectivity index (χ2n) is 9.60. The van der Waals surface area contributed by atoms with Gasteiger partial charge in [-0.05, 0) is 67.6 Å². The molecule has 0 aromatic carbocycles. The summed E-state index contributed by atoms with van der Waals surface area (Å²) in [5, 5.41) is 3.98. The van der Waals surface area contributed by atoms with E-state index in [1.54, 1.807) is 0 Å². The van der Waals surface area contributed by atoms with Crippen LogP contribution < -0.4 is 5.32 Å². The fourth-order valence-corrected chi connectivity index (χ4v) is 4.97. The van der Waals surface area contributed by atoms with Crippen LogP contribution in [0.25, 0.3) is 0 Å².